The van der Waals surface area contributed by atoms with E-state index in [1.165, 1.54) is 0 Å². The van der Waals surface area contributed by atoms with Crippen molar-refractivity contribution in [3.63, 3.8) is 0 Å². The molecule has 2 aromatic rings. The van der Waals surface area contributed by atoms with Crippen molar-refractivity contribution < 1.29 is 0 Å². The van der Waals surface area contributed by atoms with Gasteiger partial charge in [0.1, 0.15) is 17.1 Å². The molecule has 0 aliphatic heterocycles. The van der Waals surface area contributed by atoms with Gasteiger partial charge < -0.3 is 0 Å². The van der Waals surface area contributed by atoms with Gasteiger partial charge in [0.05, 0.1) is 5.69 Å². The number of halogens is 1. The zero-order valence-electron chi connectivity index (χ0n) is 5.95. The lowest BCUT2D eigenvalue weighted by Crippen LogP contribution is -1.84. The number of fused-ring (bicyclic) bond motifs is 1. The van der Waals surface area contributed by atoms with Gasteiger partial charge in [0.15, 0.2) is 0 Å². The van der Waals surface area contributed by atoms with Crippen LogP contribution in [0.5, 0.6) is 0 Å². The smallest absolute Gasteiger partial charge is 0.141 e. The normalized spacial score (nSPS) is 10.7. The predicted octanol–water partition coefficient (Wildman–Crippen LogP) is 1.69. The number of rotatable bonds is 0. The van der Waals surface area contributed by atoms with E-state index in [1.54, 1.807) is 12.4 Å². The van der Waals surface area contributed by atoms with Crippen LogP contribution in [0.2, 0.25) is 5.15 Å². The van der Waals surface area contributed by atoms with Crippen LogP contribution in [0.25, 0.3) is 5.65 Å². The highest BCUT2D eigenvalue weighted by molar-refractivity contribution is 6.29. The molecule has 2 aromatic heterocycles. The van der Waals surface area contributed by atoms with E-state index in [0.717, 1.165) is 11.3 Å². The largest absolute Gasteiger partial charge is 0.290 e. The molecule has 0 unspecified atom stereocenters. The Bertz CT molecular complexity index is 393. The van der Waals surface area contributed by atoms with Gasteiger partial charge in [-0.1, -0.05) is 11.6 Å². The molecule has 0 aromatic carbocycles. The van der Waals surface area contributed by atoms with Crippen LogP contribution in [0, 0.1) is 6.92 Å². The molecule has 0 atom stereocenters. The van der Waals surface area contributed by atoms with Crippen LogP contribution >= 0.6 is 11.6 Å². The van der Waals surface area contributed by atoms with Gasteiger partial charge in [-0.15, -0.1) is 0 Å². The summed E-state index contributed by atoms with van der Waals surface area (Å²) in [5.74, 6) is 0. The summed E-state index contributed by atoms with van der Waals surface area (Å²) in [6.45, 7) is 1.93. The summed E-state index contributed by atoms with van der Waals surface area (Å²) in [6, 6.07) is 1.73. The third-order valence-corrected chi connectivity index (χ3v) is 1.64. The maximum Gasteiger partial charge on any atom is 0.141 e. The van der Waals surface area contributed by atoms with Crippen molar-refractivity contribution in [1.82, 2.24) is 14.4 Å². The Morgan fingerprint density at radius 1 is 1.55 bits per heavy atom. The second kappa shape index (κ2) is 2.20. The number of hydrogen-bond acceptors (Lipinski definition) is 2. The maximum absolute atomic E-state index is 5.66. The molecule has 4 heteroatoms. The number of nitrogens with zero attached hydrogens (tertiary/aromatic N) is 3. The summed E-state index contributed by atoms with van der Waals surface area (Å²) in [4.78, 5) is 8.12. The Balaban J connectivity index is 2.82. The number of aryl methyl sites for hydroxylation is 1. The Kier molecular flexibility index (Phi) is 1.32. The van der Waals surface area contributed by atoms with E-state index in [0.29, 0.717) is 5.15 Å². The molecule has 11 heavy (non-hydrogen) atoms. The highest BCUT2D eigenvalue weighted by Crippen LogP contribution is 2.08. The quantitative estimate of drug-likeness (QED) is 0.559. The molecule has 0 saturated heterocycles. The Morgan fingerprint density at radius 3 is 3.18 bits per heavy atom. The monoisotopic (exact) mass is 167 g/mol. The lowest BCUT2D eigenvalue weighted by molar-refractivity contribution is 1.09. The van der Waals surface area contributed by atoms with Crippen molar-refractivity contribution in [2.75, 3.05) is 0 Å². The average molecular weight is 168 g/mol. The van der Waals surface area contributed by atoms with Gasteiger partial charge >= 0.3 is 0 Å². The molecule has 0 fully saturated rings. The molecule has 0 saturated carbocycles. The summed E-state index contributed by atoms with van der Waals surface area (Å²) < 4.78 is 1.83. The lowest BCUT2D eigenvalue weighted by Gasteiger charge is -1.90. The topological polar surface area (TPSA) is 30.2 Å². The van der Waals surface area contributed by atoms with E-state index >= 15 is 0 Å². The predicted molar refractivity (Wildman–Crippen MR) is 42.7 cm³/mol. The standard InChI is InChI=1S/C7H6ClN3/c1-5-3-11-4-9-6(8)2-7(11)10-5/h2-4H,1H3. The Hall–Kier alpha value is -1.09. The van der Waals surface area contributed by atoms with Crippen molar-refractivity contribution in [3.05, 3.63) is 29.4 Å². The summed E-state index contributed by atoms with van der Waals surface area (Å²) in [5, 5.41) is 0.475. The van der Waals surface area contributed by atoms with Crippen LogP contribution in [-0.4, -0.2) is 14.4 Å². The van der Waals surface area contributed by atoms with Crippen molar-refractivity contribution in [2.45, 2.75) is 6.92 Å². The van der Waals surface area contributed by atoms with Crippen LogP contribution < -0.4 is 0 Å². The fourth-order valence-corrected chi connectivity index (χ4v) is 1.14. The van der Waals surface area contributed by atoms with Gasteiger partial charge in [0.2, 0.25) is 0 Å². The minimum Gasteiger partial charge on any atom is -0.290 e. The van der Waals surface area contributed by atoms with Gasteiger partial charge in [-0.25, -0.2) is 9.97 Å². The fraction of sp³-hybridized carbons (Fsp3) is 0.143. The van der Waals surface area contributed by atoms with Gasteiger partial charge in [-0.2, -0.15) is 0 Å². The van der Waals surface area contributed by atoms with Crippen molar-refractivity contribution in [2.24, 2.45) is 0 Å². The fourth-order valence-electron chi connectivity index (χ4n) is 0.995. The zero-order chi connectivity index (χ0) is 7.84. The van der Waals surface area contributed by atoms with Gasteiger partial charge in [0.25, 0.3) is 0 Å². The van der Waals surface area contributed by atoms with Crippen LogP contribution in [0.4, 0.5) is 0 Å². The SMILES string of the molecule is Cc1cn2cnc(Cl)cc2n1. The molecule has 3 nitrogen and oxygen atoms in total. The molecule has 56 valence electrons. The van der Waals surface area contributed by atoms with E-state index in [-0.39, 0.29) is 0 Å². The number of hydrogen-bond donors (Lipinski definition) is 0. The molecule has 0 N–H and O–H groups in total. The average Bonchev–Trinajstić information content (AvgIpc) is 2.27. The summed E-state index contributed by atoms with van der Waals surface area (Å²) in [5.41, 5.74) is 1.80. The molecule has 0 spiro atoms. The molecule has 0 amide bonds. The highest BCUT2D eigenvalue weighted by Gasteiger charge is 1.97. The molecule has 0 bridgehead atoms. The highest BCUT2D eigenvalue weighted by atomic mass is 35.5. The van der Waals surface area contributed by atoms with E-state index in [1.807, 2.05) is 17.5 Å². The first-order valence-electron chi connectivity index (χ1n) is 3.22. The third kappa shape index (κ3) is 1.07. The molecular formula is C7H6ClN3. The minimum absolute atomic E-state index is 0.475. The van der Waals surface area contributed by atoms with E-state index in [2.05, 4.69) is 9.97 Å². The molecule has 0 radical (unpaired) electrons. The van der Waals surface area contributed by atoms with Crippen LogP contribution in [0.1, 0.15) is 5.69 Å². The first-order chi connectivity index (χ1) is 5.25. The van der Waals surface area contributed by atoms with Crippen molar-refractivity contribution >= 4 is 17.2 Å². The minimum atomic E-state index is 0.475. The van der Waals surface area contributed by atoms with E-state index in [4.69, 9.17) is 11.6 Å². The molecule has 2 rings (SSSR count). The number of imidazole rings is 1. The molecule has 0 aliphatic rings. The van der Waals surface area contributed by atoms with Crippen LogP contribution in [0.3, 0.4) is 0 Å². The maximum atomic E-state index is 5.66. The van der Waals surface area contributed by atoms with Gasteiger partial charge in [0, 0.05) is 12.3 Å². The Morgan fingerprint density at radius 2 is 2.36 bits per heavy atom. The molecule has 0 aliphatic carbocycles. The molecular weight excluding hydrogens is 162 g/mol. The second-order valence-electron chi connectivity index (χ2n) is 2.36. The van der Waals surface area contributed by atoms with Crippen molar-refractivity contribution in [3.8, 4) is 0 Å². The van der Waals surface area contributed by atoms with Gasteiger partial charge in [-0.05, 0) is 6.92 Å². The van der Waals surface area contributed by atoms with E-state index in [9.17, 15) is 0 Å². The first kappa shape index (κ1) is 6.61. The Labute approximate surface area is 68.7 Å². The van der Waals surface area contributed by atoms with Gasteiger partial charge in [-0.3, -0.25) is 4.40 Å². The number of aromatic nitrogens is 3. The zero-order valence-corrected chi connectivity index (χ0v) is 6.71. The molecule has 2 heterocycles. The third-order valence-electron chi connectivity index (χ3n) is 1.44. The lowest BCUT2D eigenvalue weighted by atomic mass is 10.6. The van der Waals surface area contributed by atoms with Crippen LogP contribution in [0.15, 0.2) is 18.6 Å². The van der Waals surface area contributed by atoms with Crippen molar-refractivity contribution in [1.29, 1.82) is 0 Å². The summed E-state index contributed by atoms with van der Waals surface area (Å²) in [6.07, 6.45) is 3.55. The first-order valence-corrected chi connectivity index (χ1v) is 3.60. The second-order valence-corrected chi connectivity index (χ2v) is 2.75. The summed E-state index contributed by atoms with van der Waals surface area (Å²) >= 11 is 5.66. The van der Waals surface area contributed by atoms with E-state index < -0.39 is 0 Å². The van der Waals surface area contributed by atoms with Crippen LogP contribution in [-0.2, 0) is 0 Å². The summed E-state index contributed by atoms with van der Waals surface area (Å²) in [7, 11) is 0.